The van der Waals surface area contributed by atoms with E-state index in [4.69, 9.17) is 5.11 Å². The SMILES string of the molecule is Cc1cc(C(=O)O)c(NC(=O)C2CCC(F)(F)C2)s1. The zero-order valence-corrected chi connectivity index (χ0v) is 11.0. The molecule has 0 aliphatic heterocycles. The van der Waals surface area contributed by atoms with Gasteiger partial charge in [0.15, 0.2) is 0 Å². The van der Waals surface area contributed by atoms with Gasteiger partial charge in [-0.2, -0.15) is 0 Å². The molecule has 1 aromatic rings. The van der Waals surface area contributed by atoms with Crippen molar-refractivity contribution in [1.29, 1.82) is 0 Å². The van der Waals surface area contributed by atoms with Gasteiger partial charge in [0.05, 0.1) is 5.56 Å². The summed E-state index contributed by atoms with van der Waals surface area (Å²) < 4.78 is 26.1. The minimum atomic E-state index is -2.79. The van der Waals surface area contributed by atoms with Gasteiger partial charge in [0.1, 0.15) is 5.00 Å². The number of aromatic carboxylic acids is 1. The second-order valence-corrected chi connectivity index (χ2v) is 5.95. The predicted octanol–water partition coefficient (Wildman–Crippen LogP) is 3.13. The second kappa shape index (κ2) is 4.88. The molecule has 1 atom stereocenters. The number of hydrogen-bond donors (Lipinski definition) is 2. The van der Waals surface area contributed by atoms with Crippen LogP contribution in [0, 0.1) is 12.8 Å². The number of carbonyl (C=O) groups is 2. The van der Waals surface area contributed by atoms with Crippen LogP contribution in [-0.2, 0) is 4.79 Å². The van der Waals surface area contributed by atoms with Gasteiger partial charge in [0, 0.05) is 23.6 Å². The summed E-state index contributed by atoms with van der Waals surface area (Å²) in [6, 6.07) is 1.45. The van der Waals surface area contributed by atoms with Crippen molar-refractivity contribution < 1.29 is 23.5 Å². The Bertz CT molecular complexity index is 527. The number of carbonyl (C=O) groups excluding carboxylic acids is 1. The van der Waals surface area contributed by atoms with E-state index in [1.165, 1.54) is 6.07 Å². The zero-order valence-electron chi connectivity index (χ0n) is 10.2. The number of anilines is 1. The molecule has 0 spiro atoms. The van der Waals surface area contributed by atoms with Crippen LogP contribution in [0.4, 0.5) is 13.8 Å². The highest BCUT2D eigenvalue weighted by Gasteiger charge is 2.42. The Morgan fingerprint density at radius 2 is 2.21 bits per heavy atom. The van der Waals surface area contributed by atoms with Crippen LogP contribution >= 0.6 is 11.3 Å². The number of nitrogens with one attached hydrogen (secondary N) is 1. The Hall–Kier alpha value is -1.50. The molecule has 1 amide bonds. The van der Waals surface area contributed by atoms with Gasteiger partial charge >= 0.3 is 5.97 Å². The Morgan fingerprint density at radius 1 is 1.53 bits per heavy atom. The van der Waals surface area contributed by atoms with E-state index in [1.54, 1.807) is 6.92 Å². The first kappa shape index (κ1) is 13.9. The van der Waals surface area contributed by atoms with Crippen LogP contribution in [0.3, 0.4) is 0 Å². The second-order valence-electron chi connectivity index (χ2n) is 4.69. The first-order valence-electron chi connectivity index (χ1n) is 5.81. The molecule has 1 aliphatic rings. The van der Waals surface area contributed by atoms with E-state index in [0.717, 1.165) is 16.2 Å². The molecule has 1 unspecified atom stereocenters. The van der Waals surface area contributed by atoms with Gasteiger partial charge in [-0.1, -0.05) is 0 Å². The monoisotopic (exact) mass is 289 g/mol. The van der Waals surface area contributed by atoms with Crippen molar-refractivity contribution in [2.75, 3.05) is 5.32 Å². The molecule has 0 saturated heterocycles. The molecule has 0 radical (unpaired) electrons. The van der Waals surface area contributed by atoms with Gasteiger partial charge in [-0.25, -0.2) is 13.6 Å². The molecule has 1 aliphatic carbocycles. The van der Waals surface area contributed by atoms with Crippen molar-refractivity contribution in [3.8, 4) is 0 Å². The van der Waals surface area contributed by atoms with E-state index < -0.39 is 30.1 Å². The van der Waals surface area contributed by atoms with E-state index in [0.29, 0.717) is 0 Å². The Labute approximate surface area is 112 Å². The summed E-state index contributed by atoms with van der Waals surface area (Å²) in [5, 5.41) is 11.6. The molecule has 1 saturated carbocycles. The van der Waals surface area contributed by atoms with Crippen LogP contribution in [0.5, 0.6) is 0 Å². The zero-order chi connectivity index (χ0) is 14.2. The first-order chi connectivity index (χ1) is 8.78. The maximum Gasteiger partial charge on any atom is 0.338 e. The van der Waals surface area contributed by atoms with Gasteiger partial charge in [-0.3, -0.25) is 4.79 Å². The normalized spacial score (nSPS) is 21.3. The van der Waals surface area contributed by atoms with Crippen molar-refractivity contribution in [1.82, 2.24) is 0 Å². The van der Waals surface area contributed by atoms with Gasteiger partial charge in [-0.15, -0.1) is 11.3 Å². The Balaban J connectivity index is 2.09. The summed E-state index contributed by atoms with van der Waals surface area (Å²) in [6.45, 7) is 1.72. The third-order valence-electron chi connectivity index (χ3n) is 3.10. The Kier molecular flexibility index (Phi) is 3.58. The number of aryl methyl sites for hydroxylation is 1. The first-order valence-corrected chi connectivity index (χ1v) is 6.62. The predicted molar refractivity (Wildman–Crippen MR) is 66.9 cm³/mol. The highest BCUT2D eigenvalue weighted by Crippen LogP contribution is 2.39. The largest absolute Gasteiger partial charge is 0.478 e. The van der Waals surface area contributed by atoms with Crippen LogP contribution in [0.2, 0.25) is 0 Å². The molecule has 2 rings (SSSR count). The lowest BCUT2D eigenvalue weighted by atomic mass is 10.1. The number of hydrogen-bond acceptors (Lipinski definition) is 3. The summed E-state index contributed by atoms with van der Waals surface area (Å²) in [7, 11) is 0. The number of amides is 1. The lowest BCUT2D eigenvalue weighted by Gasteiger charge is -2.10. The number of rotatable bonds is 3. The molecule has 2 N–H and O–H groups in total. The number of carboxylic acid groups (broad SMARTS) is 1. The van der Waals surface area contributed by atoms with E-state index in [9.17, 15) is 18.4 Å². The summed E-state index contributed by atoms with van der Waals surface area (Å²) in [5.74, 6) is -5.21. The fourth-order valence-corrected chi connectivity index (χ4v) is 3.06. The fourth-order valence-electron chi connectivity index (χ4n) is 2.15. The quantitative estimate of drug-likeness (QED) is 0.898. The standard InChI is InChI=1S/C12H13F2NO3S/c1-6-4-8(11(17)18)10(19-6)15-9(16)7-2-3-12(13,14)5-7/h4,7H,2-3,5H2,1H3,(H,15,16)(H,17,18). The van der Waals surface area contributed by atoms with Gasteiger partial charge in [0.25, 0.3) is 0 Å². The third-order valence-corrected chi connectivity index (χ3v) is 4.06. The molecule has 1 heterocycles. The minimum Gasteiger partial charge on any atom is -0.478 e. The van der Waals surface area contributed by atoms with Crippen LogP contribution in [0.15, 0.2) is 6.07 Å². The number of alkyl halides is 2. The average molecular weight is 289 g/mol. The van der Waals surface area contributed by atoms with Crippen LogP contribution in [0.1, 0.15) is 34.5 Å². The maximum atomic E-state index is 13.0. The van der Waals surface area contributed by atoms with Crippen molar-refractivity contribution in [2.45, 2.75) is 32.1 Å². The topological polar surface area (TPSA) is 66.4 Å². The molecule has 19 heavy (non-hydrogen) atoms. The van der Waals surface area contributed by atoms with E-state index in [2.05, 4.69) is 5.32 Å². The lowest BCUT2D eigenvalue weighted by molar-refractivity contribution is -0.120. The smallest absolute Gasteiger partial charge is 0.338 e. The van der Waals surface area contributed by atoms with E-state index in [1.807, 2.05) is 0 Å². The van der Waals surface area contributed by atoms with Crippen LogP contribution in [0.25, 0.3) is 0 Å². The van der Waals surface area contributed by atoms with Crippen LogP contribution in [-0.4, -0.2) is 22.9 Å². The molecule has 1 aromatic heterocycles. The maximum absolute atomic E-state index is 13.0. The van der Waals surface area contributed by atoms with Crippen LogP contribution < -0.4 is 5.32 Å². The lowest BCUT2D eigenvalue weighted by Crippen LogP contribution is -2.22. The molecule has 0 bridgehead atoms. The fraction of sp³-hybridized carbons (Fsp3) is 0.500. The number of halogens is 2. The molecule has 4 nitrogen and oxygen atoms in total. The Morgan fingerprint density at radius 3 is 2.74 bits per heavy atom. The van der Waals surface area contributed by atoms with Crippen molar-refractivity contribution in [3.05, 3.63) is 16.5 Å². The summed E-state index contributed by atoms with van der Waals surface area (Å²) in [4.78, 5) is 23.6. The molecule has 104 valence electrons. The summed E-state index contributed by atoms with van der Waals surface area (Å²) in [6.07, 6.45) is -0.627. The third kappa shape index (κ3) is 3.09. The van der Waals surface area contributed by atoms with Crippen molar-refractivity contribution in [2.24, 2.45) is 5.92 Å². The van der Waals surface area contributed by atoms with Gasteiger partial charge in [-0.05, 0) is 19.4 Å². The van der Waals surface area contributed by atoms with Crippen molar-refractivity contribution >= 4 is 28.2 Å². The van der Waals surface area contributed by atoms with Gasteiger partial charge < -0.3 is 10.4 Å². The van der Waals surface area contributed by atoms with E-state index >= 15 is 0 Å². The average Bonchev–Trinajstić information content (AvgIpc) is 2.81. The molecule has 0 aromatic carbocycles. The highest BCUT2D eigenvalue weighted by molar-refractivity contribution is 7.16. The van der Waals surface area contributed by atoms with Crippen molar-refractivity contribution in [3.63, 3.8) is 0 Å². The van der Waals surface area contributed by atoms with E-state index in [-0.39, 0.29) is 23.4 Å². The number of carboxylic acids is 1. The number of thiophene rings is 1. The molecular weight excluding hydrogens is 276 g/mol. The molecular formula is C12H13F2NO3S. The summed E-state index contributed by atoms with van der Waals surface area (Å²) >= 11 is 1.13. The molecule has 1 fully saturated rings. The minimum absolute atomic E-state index is 0.000562. The summed E-state index contributed by atoms with van der Waals surface area (Å²) in [5.41, 5.74) is 0.000562. The highest BCUT2D eigenvalue weighted by atomic mass is 32.1. The molecule has 7 heteroatoms. The van der Waals surface area contributed by atoms with Gasteiger partial charge in [0.2, 0.25) is 11.8 Å².